The number of methoxy groups -OCH3 is 1. The molecule has 0 aliphatic rings. The molecule has 3 N–H and O–H groups in total. The van der Waals surface area contributed by atoms with E-state index in [1.807, 2.05) is 18.2 Å². The third kappa shape index (κ3) is 3.58. The van der Waals surface area contributed by atoms with Crippen molar-refractivity contribution >= 4 is 33.0 Å². The fraction of sp³-hybridized carbons (Fsp3) is 0.200. The van der Waals surface area contributed by atoms with E-state index in [-0.39, 0.29) is 5.75 Å². The van der Waals surface area contributed by atoms with Gasteiger partial charge in [-0.2, -0.15) is 0 Å². The molecule has 0 radical (unpaired) electrons. The number of nitrogen functional groups attached to an aromatic ring is 1. The van der Waals surface area contributed by atoms with Gasteiger partial charge < -0.3 is 20.5 Å². The number of ether oxygens (including phenoxy) is 2. The van der Waals surface area contributed by atoms with Gasteiger partial charge in [-0.25, -0.2) is 4.39 Å². The molecular formula is C15H16BrFN2O2. The number of anilines is 3. The Balaban J connectivity index is 2.30. The molecule has 0 unspecified atom stereocenters. The normalized spacial score (nSPS) is 10.3. The molecule has 0 heterocycles. The zero-order chi connectivity index (χ0) is 15.4. The SMILES string of the molecule is CCOc1cc(Nc2ccc(OC)c(Br)c2)c(N)cc1F. The number of halogens is 2. The summed E-state index contributed by atoms with van der Waals surface area (Å²) < 4.78 is 24.9. The van der Waals surface area contributed by atoms with E-state index in [9.17, 15) is 4.39 Å². The zero-order valence-corrected chi connectivity index (χ0v) is 13.3. The van der Waals surface area contributed by atoms with E-state index in [1.54, 1.807) is 20.1 Å². The second-order valence-corrected chi connectivity index (χ2v) is 5.13. The van der Waals surface area contributed by atoms with Crippen molar-refractivity contribution in [1.29, 1.82) is 0 Å². The van der Waals surface area contributed by atoms with E-state index in [4.69, 9.17) is 15.2 Å². The van der Waals surface area contributed by atoms with Crippen molar-refractivity contribution < 1.29 is 13.9 Å². The molecule has 2 aromatic carbocycles. The first kappa shape index (κ1) is 15.4. The van der Waals surface area contributed by atoms with Gasteiger partial charge in [-0.15, -0.1) is 0 Å². The molecule has 0 atom stereocenters. The molecule has 0 aliphatic carbocycles. The van der Waals surface area contributed by atoms with Gasteiger partial charge >= 0.3 is 0 Å². The Morgan fingerprint density at radius 2 is 2.00 bits per heavy atom. The summed E-state index contributed by atoms with van der Waals surface area (Å²) in [5, 5.41) is 3.13. The predicted octanol–water partition coefficient (Wildman–Crippen LogP) is 4.32. The van der Waals surface area contributed by atoms with Crippen LogP contribution in [0.5, 0.6) is 11.5 Å². The van der Waals surface area contributed by atoms with Crippen molar-refractivity contribution in [2.24, 2.45) is 0 Å². The van der Waals surface area contributed by atoms with Crippen molar-refractivity contribution in [3.63, 3.8) is 0 Å². The molecule has 0 bridgehead atoms. The number of hydrogen-bond donors (Lipinski definition) is 2. The molecule has 0 amide bonds. The summed E-state index contributed by atoms with van der Waals surface area (Å²) in [5.41, 5.74) is 7.52. The van der Waals surface area contributed by atoms with Crippen LogP contribution >= 0.6 is 15.9 Å². The van der Waals surface area contributed by atoms with Crippen molar-refractivity contribution in [3.05, 3.63) is 40.6 Å². The second kappa shape index (κ2) is 6.67. The van der Waals surface area contributed by atoms with Gasteiger partial charge in [0.15, 0.2) is 11.6 Å². The van der Waals surface area contributed by atoms with Crippen LogP contribution in [-0.2, 0) is 0 Å². The molecular weight excluding hydrogens is 339 g/mol. The third-order valence-electron chi connectivity index (χ3n) is 2.83. The molecule has 0 spiro atoms. The Morgan fingerprint density at radius 3 is 2.62 bits per heavy atom. The van der Waals surface area contributed by atoms with Crippen LogP contribution in [0.1, 0.15) is 6.92 Å². The van der Waals surface area contributed by atoms with Gasteiger partial charge in [0, 0.05) is 17.8 Å². The van der Waals surface area contributed by atoms with Crippen molar-refractivity contribution in [2.75, 3.05) is 24.8 Å². The predicted molar refractivity (Wildman–Crippen MR) is 86.0 cm³/mol. The van der Waals surface area contributed by atoms with E-state index in [1.165, 1.54) is 6.07 Å². The number of hydrogen-bond acceptors (Lipinski definition) is 4. The first-order valence-corrected chi connectivity index (χ1v) is 7.16. The second-order valence-electron chi connectivity index (χ2n) is 4.28. The lowest BCUT2D eigenvalue weighted by Crippen LogP contribution is -2.01. The van der Waals surface area contributed by atoms with Gasteiger partial charge in [0.1, 0.15) is 5.75 Å². The number of nitrogens with two attached hydrogens (primary N) is 1. The fourth-order valence-electron chi connectivity index (χ4n) is 1.84. The fourth-order valence-corrected chi connectivity index (χ4v) is 2.38. The number of benzene rings is 2. The van der Waals surface area contributed by atoms with Gasteiger partial charge in [-0.3, -0.25) is 0 Å². The Labute approximate surface area is 131 Å². The summed E-state index contributed by atoms with van der Waals surface area (Å²) in [6.45, 7) is 2.18. The van der Waals surface area contributed by atoms with Crippen LogP contribution in [0.2, 0.25) is 0 Å². The molecule has 0 aliphatic heterocycles. The molecule has 21 heavy (non-hydrogen) atoms. The minimum Gasteiger partial charge on any atom is -0.496 e. The highest BCUT2D eigenvalue weighted by molar-refractivity contribution is 9.10. The van der Waals surface area contributed by atoms with Crippen LogP contribution in [0.3, 0.4) is 0 Å². The van der Waals surface area contributed by atoms with Gasteiger partial charge in [0.05, 0.1) is 29.6 Å². The van der Waals surface area contributed by atoms with E-state index < -0.39 is 5.82 Å². The first-order valence-electron chi connectivity index (χ1n) is 6.37. The molecule has 4 nitrogen and oxygen atoms in total. The molecule has 0 saturated carbocycles. The highest BCUT2D eigenvalue weighted by Gasteiger charge is 2.10. The lowest BCUT2D eigenvalue weighted by molar-refractivity contribution is 0.322. The van der Waals surface area contributed by atoms with Crippen LogP contribution in [-0.4, -0.2) is 13.7 Å². The van der Waals surface area contributed by atoms with Crippen LogP contribution in [0.25, 0.3) is 0 Å². The third-order valence-corrected chi connectivity index (χ3v) is 3.45. The average molecular weight is 355 g/mol. The summed E-state index contributed by atoms with van der Waals surface area (Å²) in [6, 6.07) is 8.29. The largest absolute Gasteiger partial charge is 0.496 e. The molecule has 0 saturated heterocycles. The van der Waals surface area contributed by atoms with Crippen LogP contribution < -0.4 is 20.5 Å². The van der Waals surface area contributed by atoms with E-state index in [2.05, 4.69) is 21.2 Å². The maximum atomic E-state index is 13.7. The van der Waals surface area contributed by atoms with Gasteiger partial charge in [0.25, 0.3) is 0 Å². The Bertz CT molecular complexity index is 650. The number of nitrogens with one attached hydrogen (secondary N) is 1. The zero-order valence-electron chi connectivity index (χ0n) is 11.7. The maximum absolute atomic E-state index is 13.7. The lowest BCUT2D eigenvalue weighted by atomic mass is 10.2. The first-order chi connectivity index (χ1) is 10.0. The standard InChI is InChI=1S/C15H16BrFN2O2/c1-3-21-15-8-13(12(18)7-11(15)17)19-9-4-5-14(20-2)10(16)6-9/h4-8,19H,3,18H2,1-2H3. The minimum atomic E-state index is -0.476. The van der Waals surface area contributed by atoms with Crippen molar-refractivity contribution in [2.45, 2.75) is 6.92 Å². The van der Waals surface area contributed by atoms with Crippen LogP contribution in [0.4, 0.5) is 21.5 Å². The summed E-state index contributed by atoms with van der Waals surface area (Å²) in [4.78, 5) is 0. The Kier molecular flexibility index (Phi) is 4.90. The Morgan fingerprint density at radius 1 is 1.24 bits per heavy atom. The summed E-state index contributed by atoms with van der Waals surface area (Å²) in [6.07, 6.45) is 0. The van der Waals surface area contributed by atoms with E-state index in [0.29, 0.717) is 18.0 Å². The molecule has 112 valence electrons. The van der Waals surface area contributed by atoms with Crippen LogP contribution in [0, 0.1) is 5.82 Å². The molecule has 2 rings (SSSR count). The summed E-state index contributed by atoms with van der Waals surface area (Å²) >= 11 is 3.41. The maximum Gasteiger partial charge on any atom is 0.167 e. The van der Waals surface area contributed by atoms with E-state index in [0.717, 1.165) is 15.9 Å². The molecule has 2 aromatic rings. The van der Waals surface area contributed by atoms with E-state index >= 15 is 0 Å². The quantitative estimate of drug-likeness (QED) is 0.785. The van der Waals surface area contributed by atoms with Gasteiger partial charge in [0.2, 0.25) is 0 Å². The topological polar surface area (TPSA) is 56.5 Å². The van der Waals surface area contributed by atoms with Gasteiger partial charge in [-0.05, 0) is 41.1 Å². The molecule has 6 heteroatoms. The summed E-state index contributed by atoms with van der Waals surface area (Å²) in [5.74, 6) is 0.417. The smallest absolute Gasteiger partial charge is 0.167 e. The lowest BCUT2D eigenvalue weighted by Gasteiger charge is -2.13. The highest BCUT2D eigenvalue weighted by Crippen LogP contribution is 2.33. The van der Waals surface area contributed by atoms with Gasteiger partial charge in [-0.1, -0.05) is 0 Å². The minimum absolute atomic E-state index is 0.168. The van der Waals surface area contributed by atoms with Crippen LogP contribution in [0.15, 0.2) is 34.8 Å². The van der Waals surface area contributed by atoms with Crippen molar-refractivity contribution in [1.82, 2.24) is 0 Å². The molecule has 0 aromatic heterocycles. The highest BCUT2D eigenvalue weighted by atomic mass is 79.9. The number of rotatable bonds is 5. The van der Waals surface area contributed by atoms with Crippen molar-refractivity contribution in [3.8, 4) is 11.5 Å². The molecule has 0 fully saturated rings. The summed E-state index contributed by atoms with van der Waals surface area (Å²) in [7, 11) is 1.60. The monoisotopic (exact) mass is 354 g/mol. The average Bonchev–Trinajstić information content (AvgIpc) is 2.44. The Hall–Kier alpha value is -1.95.